The van der Waals surface area contributed by atoms with Gasteiger partial charge in [-0.15, -0.1) is 0 Å². The van der Waals surface area contributed by atoms with E-state index in [-0.39, 0.29) is 5.91 Å². The van der Waals surface area contributed by atoms with Gasteiger partial charge in [-0.2, -0.15) is 0 Å². The predicted octanol–water partition coefficient (Wildman–Crippen LogP) is 1.02. The molecule has 0 bridgehead atoms. The maximum Gasteiger partial charge on any atom is 0.224 e. The van der Waals surface area contributed by atoms with Gasteiger partial charge in [0.05, 0.1) is 13.2 Å². The van der Waals surface area contributed by atoms with E-state index >= 15 is 0 Å². The molecule has 98 valence electrons. The Labute approximate surface area is 104 Å². The summed E-state index contributed by atoms with van der Waals surface area (Å²) in [5.41, 5.74) is 0. The number of amides is 1. The van der Waals surface area contributed by atoms with Gasteiger partial charge in [-0.25, -0.2) is 0 Å². The summed E-state index contributed by atoms with van der Waals surface area (Å²) in [5.74, 6) is 1.13. The molecule has 1 aliphatic heterocycles. The first-order valence-corrected chi connectivity index (χ1v) is 6.92. The molecule has 1 N–H and O–H groups in total. The summed E-state index contributed by atoms with van der Waals surface area (Å²) >= 11 is 0. The summed E-state index contributed by atoms with van der Waals surface area (Å²) in [4.78, 5) is 13.7. The quantitative estimate of drug-likeness (QED) is 0.729. The minimum Gasteiger partial charge on any atom is -0.378 e. The maximum atomic E-state index is 11.8. The first-order chi connectivity index (χ1) is 8.36. The molecule has 1 saturated heterocycles. The standard InChI is InChI=1S/C13H24N2O2/c16-13(15-7-9-17-10-8-15)5-6-14-11-12-3-1-2-4-12/h12,14H,1-11H2. The average Bonchev–Trinajstić information content (AvgIpc) is 2.88. The molecule has 0 unspecified atom stereocenters. The number of hydrogen-bond acceptors (Lipinski definition) is 3. The van der Waals surface area contributed by atoms with E-state index in [0.717, 1.165) is 32.1 Å². The summed E-state index contributed by atoms with van der Waals surface area (Å²) in [6.45, 7) is 4.84. The smallest absolute Gasteiger partial charge is 0.224 e. The molecule has 0 spiro atoms. The molecule has 0 aromatic carbocycles. The molecule has 1 aliphatic carbocycles. The van der Waals surface area contributed by atoms with Crippen molar-refractivity contribution in [2.75, 3.05) is 39.4 Å². The number of morpholine rings is 1. The molecule has 17 heavy (non-hydrogen) atoms. The molecular weight excluding hydrogens is 216 g/mol. The van der Waals surface area contributed by atoms with Gasteiger partial charge in [-0.1, -0.05) is 12.8 Å². The SMILES string of the molecule is O=C(CCNCC1CCCC1)N1CCOCC1. The van der Waals surface area contributed by atoms with E-state index in [2.05, 4.69) is 5.32 Å². The second-order valence-electron chi connectivity index (χ2n) is 5.10. The van der Waals surface area contributed by atoms with E-state index in [1.807, 2.05) is 4.90 Å². The van der Waals surface area contributed by atoms with Crippen LogP contribution in [-0.2, 0) is 9.53 Å². The average molecular weight is 240 g/mol. The Kier molecular flexibility index (Phi) is 5.26. The van der Waals surface area contributed by atoms with Crippen molar-refractivity contribution in [3.63, 3.8) is 0 Å². The Balaban J connectivity index is 1.53. The molecule has 0 aromatic rings. The fraction of sp³-hybridized carbons (Fsp3) is 0.923. The van der Waals surface area contributed by atoms with Crippen LogP contribution in [0.4, 0.5) is 0 Å². The first-order valence-electron chi connectivity index (χ1n) is 6.92. The van der Waals surface area contributed by atoms with Crippen LogP contribution in [-0.4, -0.2) is 50.2 Å². The number of rotatable bonds is 5. The van der Waals surface area contributed by atoms with Crippen molar-refractivity contribution in [3.8, 4) is 0 Å². The molecule has 4 heteroatoms. The van der Waals surface area contributed by atoms with Crippen molar-refractivity contribution < 1.29 is 9.53 Å². The third kappa shape index (κ3) is 4.28. The Hall–Kier alpha value is -0.610. The largest absolute Gasteiger partial charge is 0.378 e. The Bertz CT molecular complexity index is 234. The van der Waals surface area contributed by atoms with Crippen LogP contribution >= 0.6 is 0 Å². The van der Waals surface area contributed by atoms with Gasteiger partial charge < -0.3 is 15.0 Å². The van der Waals surface area contributed by atoms with Crippen LogP contribution in [0.15, 0.2) is 0 Å². The van der Waals surface area contributed by atoms with E-state index in [0.29, 0.717) is 19.6 Å². The van der Waals surface area contributed by atoms with Crippen molar-refractivity contribution in [2.45, 2.75) is 32.1 Å². The summed E-state index contributed by atoms with van der Waals surface area (Å²) < 4.78 is 5.23. The van der Waals surface area contributed by atoms with E-state index in [9.17, 15) is 4.79 Å². The number of nitrogens with one attached hydrogen (secondary N) is 1. The second-order valence-corrected chi connectivity index (χ2v) is 5.10. The summed E-state index contributed by atoms with van der Waals surface area (Å²) in [7, 11) is 0. The molecule has 2 rings (SSSR count). The van der Waals surface area contributed by atoms with Crippen LogP contribution in [0.2, 0.25) is 0 Å². The fourth-order valence-corrected chi connectivity index (χ4v) is 2.69. The van der Waals surface area contributed by atoms with Crippen LogP contribution in [0.25, 0.3) is 0 Å². The van der Waals surface area contributed by atoms with Crippen LogP contribution < -0.4 is 5.32 Å². The van der Waals surface area contributed by atoms with Gasteiger partial charge in [0.25, 0.3) is 0 Å². The van der Waals surface area contributed by atoms with Crippen molar-refractivity contribution in [2.24, 2.45) is 5.92 Å². The molecule has 1 saturated carbocycles. The van der Waals surface area contributed by atoms with E-state index in [1.165, 1.54) is 25.7 Å². The van der Waals surface area contributed by atoms with Crippen LogP contribution in [0.1, 0.15) is 32.1 Å². The van der Waals surface area contributed by atoms with Crippen molar-refractivity contribution in [1.29, 1.82) is 0 Å². The highest BCUT2D eigenvalue weighted by Gasteiger charge is 2.17. The van der Waals surface area contributed by atoms with Gasteiger partial charge in [-0.3, -0.25) is 4.79 Å². The molecule has 2 aliphatic rings. The van der Waals surface area contributed by atoms with Crippen molar-refractivity contribution in [3.05, 3.63) is 0 Å². The zero-order valence-corrected chi connectivity index (χ0v) is 10.6. The Morgan fingerprint density at radius 1 is 1.24 bits per heavy atom. The number of ether oxygens (including phenoxy) is 1. The summed E-state index contributed by atoms with van der Waals surface area (Å²) in [5, 5.41) is 3.42. The molecule has 0 aromatic heterocycles. The third-order valence-corrected chi connectivity index (χ3v) is 3.79. The van der Waals surface area contributed by atoms with Gasteiger partial charge in [-0.05, 0) is 25.3 Å². The highest BCUT2D eigenvalue weighted by molar-refractivity contribution is 5.76. The Morgan fingerprint density at radius 2 is 1.94 bits per heavy atom. The van der Waals surface area contributed by atoms with Crippen molar-refractivity contribution >= 4 is 5.91 Å². The van der Waals surface area contributed by atoms with E-state index in [1.54, 1.807) is 0 Å². The predicted molar refractivity (Wildman–Crippen MR) is 66.8 cm³/mol. The van der Waals surface area contributed by atoms with Gasteiger partial charge >= 0.3 is 0 Å². The molecule has 4 nitrogen and oxygen atoms in total. The van der Waals surface area contributed by atoms with Crippen LogP contribution in [0.3, 0.4) is 0 Å². The fourth-order valence-electron chi connectivity index (χ4n) is 2.69. The maximum absolute atomic E-state index is 11.8. The lowest BCUT2D eigenvalue weighted by Crippen LogP contribution is -2.41. The third-order valence-electron chi connectivity index (χ3n) is 3.79. The molecule has 0 radical (unpaired) electrons. The van der Waals surface area contributed by atoms with Crippen LogP contribution in [0.5, 0.6) is 0 Å². The first kappa shape index (κ1) is 12.8. The zero-order chi connectivity index (χ0) is 11.9. The number of nitrogens with zero attached hydrogens (tertiary/aromatic N) is 1. The Morgan fingerprint density at radius 3 is 2.65 bits per heavy atom. The summed E-state index contributed by atoms with van der Waals surface area (Å²) in [6.07, 6.45) is 6.14. The van der Waals surface area contributed by atoms with E-state index in [4.69, 9.17) is 4.74 Å². The zero-order valence-electron chi connectivity index (χ0n) is 10.6. The monoisotopic (exact) mass is 240 g/mol. The lowest BCUT2D eigenvalue weighted by atomic mass is 10.1. The van der Waals surface area contributed by atoms with Crippen LogP contribution in [0, 0.1) is 5.92 Å². The second kappa shape index (κ2) is 6.97. The highest BCUT2D eigenvalue weighted by Crippen LogP contribution is 2.23. The summed E-state index contributed by atoms with van der Waals surface area (Å²) in [6, 6.07) is 0. The molecule has 1 heterocycles. The topological polar surface area (TPSA) is 41.6 Å². The highest BCUT2D eigenvalue weighted by atomic mass is 16.5. The van der Waals surface area contributed by atoms with Gasteiger partial charge in [0.2, 0.25) is 5.91 Å². The lowest BCUT2D eigenvalue weighted by molar-refractivity contribution is -0.135. The number of carbonyl (C=O) groups excluding carboxylic acids is 1. The van der Waals surface area contributed by atoms with E-state index < -0.39 is 0 Å². The molecule has 2 fully saturated rings. The minimum absolute atomic E-state index is 0.271. The van der Waals surface area contributed by atoms with Crippen molar-refractivity contribution in [1.82, 2.24) is 10.2 Å². The minimum atomic E-state index is 0.271. The normalized spacial score (nSPS) is 22.0. The van der Waals surface area contributed by atoms with Gasteiger partial charge in [0.15, 0.2) is 0 Å². The molecule has 0 atom stereocenters. The molecule has 1 amide bonds. The molecular formula is C13H24N2O2. The number of hydrogen-bond donors (Lipinski definition) is 1. The van der Waals surface area contributed by atoms with Gasteiger partial charge in [0, 0.05) is 26.1 Å². The lowest BCUT2D eigenvalue weighted by Gasteiger charge is -2.27. The number of carbonyl (C=O) groups is 1. The van der Waals surface area contributed by atoms with Gasteiger partial charge in [0.1, 0.15) is 0 Å².